The Hall–Kier alpha value is -2.92. The molecule has 0 unspecified atom stereocenters. The molecule has 0 saturated carbocycles. The highest BCUT2D eigenvalue weighted by molar-refractivity contribution is 9.10. The molecule has 0 aliphatic heterocycles. The fourth-order valence-corrected chi connectivity index (χ4v) is 4.47. The molecule has 2 amide bonds. The predicted molar refractivity (Wildman–Crippen MR) is 142 cm³/mol. The van der Waals surface area contributed by atoms with Crippen molar-refractivity contribution in [2.45, 2.75) is 59.2 Å². The molecule has 34 heavy (non-hydrogen) atoms. The van der Waals surface area contributed by atoms with Crippen LogP contribution in [0.15, 0.2) is 77.3 Å². The van der Waals surface area contributed by atoms with Gasteiger partial charge in [0, 0.05) is 23.5 Å². The van der Waals surface area contributed by atoms with Crippen LogP contribution in [0.4, 0.5) is 0 Å². The highest BCUT2D eigenvalue weighted by Crippen LogP contribution is 2.20. The number of carbonyl (C=O) groups excluding carboxylic acids is 2. The lowest BCUT2D eigenvalue weighted by Crippen LogP contribution is -2.52. The monoisotopic (exact) mass is 520 g/mol. The second kappa shape index (κ2) is 12.0. The third-order valence-corrected chi connectivity index (χ3v) is 6.28. The molecule has 4 nitrogen and oxygen atoms in total. The molecule has 1 atom stereocenters. The van der Waals surface area contributed by atoms with Crippen molar-refractivity contribution in [2.75, 3.05) is 0 Å². The van der Waals surface area contributed by atoms with E-state index in [-0.39, 0.29) is 24.3 Å². The molecular formula is C29H33BrN2O2. The van der Waals surface area contributed by atoms with Crippen LogP contribution in [-0.4, -0.2) is 28.8 Å². The van der Waals surface area contributed by atoms with Crippen molar-refractivity contribution in [1.82, 2.24) is 10.2 Å². The summed E-state index contributed by atoms with van der Waals surface area (Å²) >= 11 is 3.53. The van der Waals surface area contributed by atoms with Crippen molar-refractivity contribution in [3.63, 3.8) is 0 Å². The van der Waals surface area contributed by atoms with Gasteiger partial charge in [0.25, 0.3) is 0 Å². The predicted octanol–water partition coefficient (Wildman–Crippen LogP) is 5.77. The Morgan fingerprint density at radius 3 is 2.29 bits per heavy atom. The highest BCUT2D eigenvalue weighted by atomic mass is 79.9. The van der Waals surface area contributed by atoms with Gasteiger partial charge in [-0.2, -0.15) is 0 Å². The first kappa shape index (κ1) is 25.7. The van der Waals surface area contributed by atoms with E-state index in [4.69, 9.17) is 0 Å². The first-order valence-corrected chi connectivity index (χ1v) is 12.5. The van der Waals surface area contributed by atoms with E-state index in [9.17, 15) is 9.59 Å². The summed E-state index contributed by atoms with van der Waals surface area (Å²) in [5.74, 6) is -0.198. The van der Waals surface area contributed by atoms with Crippen molar-refractivity contribution < 1.29 is 9.59 Å². The highest BCUT2D eigenvalue weighted by Gasteiger charge is 2.31. The Labute approximate surface area is 211 Å². The van der Waals surface area contributed by atoms with E-state index >= 15 is 0 Å². The number of halogens is 1. The number of amides is 2. The van der Waals surface area contributed by atoms with Gasteiger partial charge in [0.2, 0.25) is 11.8 Å². The molecule has 0 heterocycles. The van der Waals surface area contributed by atoms with Crippen LogP contribution in [0.1, 0.15) is 41.7 Å². The number of hydrogen-bond donors (Lipinski definition) is 1. The van der Waals surface area contributed by atoms with Crippen LogP contribution in [0.25, 0.3) is 0 Å². The Balaban J connectivity index is 2.00. The number of aryl methyl sites for hydroxylation is 2. The standard InChI is InChI=1S/C29H33BrN2O2/c1-20(2)31-29(34)27(17-23-9-6-5-7-10-23)32(19-24-11-8-12-26(30)16-24)28(33)18-25-15-21(3)13-14-22(25)4/h5-16,20,27H,17-19H2,1-4H3,(H,31,34)/t27-/m1/s1. The van der Waals surface area contributed by atoms with Gasteiger partial charge < -0.3 is 10.2 Å². The molecule has 3 aromatic rings. The van der Waals surface area contributed by atoms with E-state index < -0.39 is 6.04 Å². The molecule has 0 radical (unpaired) electrons. The summed E-state index contributed by atoms with van der Waals surface area (Å²) in [4.78, 5) is 29.0. The normalized spacial score (nSPS) is 11.8. The van der Waals surface area contributed by atoms with Gasteiger partial charge in [-0.15, -0.1) is 0 Å². The number of rotatable bonds is 9. The fraction of sp³-hybridized carbons (Fsp3) is 0.310. The van der Waals surface area contributed by atoms with Crippen LogP contribution in [0.5, 0.6) is 0 Å². The second-order valence-electron chi connectivity index (χ2n) is 9.13. The lowest BCUT2D eigenvalue weighted by Gasteiger charge is -2.32. The van der Waals surface area contributed by atoms with Gasteiger partial charge in [-0.05, 0) is 62.1 Å². The van der Waals surface area contributed by atoms with Crippen molar-refractivity contribution in [3.05, 3.63) is 105 Å². The third kappa shape index (κ3) is 7.29. The van der Waals surface area contributed by atoms with Gasteiger partial charge >= 0.3 is 0 Å². The van der Waals surface area contributed by atoms with E-state index in [1.165, 1.54) is 0 Å². The second-order valence-corrected chi connectivity index (χ2v) is 10.0. The summed E-state index contributed by atoms with van der Waals surface area (Å²) in [5, 5.41) is 3.04. The SMILES string of the molecule is Cc1ccc(C)c(CC(=O)N(Cc2cccc(Br)c2)[C@H](Cc2ccccc2)C(=O)NC(C)C)c1. The summed E-state index contributed by atoms with van der Waals surface area (Å²) in [5.41, 5.74) is 5.18. The molecule has 1 N–H and O–H groups in total. The molecule has 0 aliphatic carbocycles. The zero-order valence-corrected chi connectivity index (χ0v) is 21.9. The van der Waals surface area contributed by atoms with Crippen LogP contribution >= 0.6 is 15.9 Å². The zero-order valence-electron chi connectivity index (χ0n) is 20.3. The minimum atomic E-state index is -0.624. The average Bonchev–Trinajstić information content (AvgIpc) is 2.79. The molecule has 0 bridgehead atoms. The average molecular weight is 521 g/mol. The first-order chi connectivity index (χ1) is 16.2. The van der Waals surface area contributed by atoms with Crippen LogP contribution in [-0.2, 0) is 29.0 Å². The summed E-state index contributed by atoms with van der Waals surface area (Å²) in [6, 6.07) is 23.3. The summed E-state index contributed by atoms with van der Waals surface area (Å²) < 4.78 is 0.943. The van der Waals surface area contributed by atoms with Gasteiger partial charge in [0.15, 0.2) is 0 Å². The van der Waals surface area contributed by atoms with E-state index in [0.717, 1.165) is 32.3 Å². The van der Waals surface area contributed by atoms with E-state index in [0.29, 0.717) is 13.0 Å². The van der Waals surface area contributed by atoms with Gasteiger partial charge in [-0.3, -0.25) is 9.59 Å². The summed E-state index contributed by atoms with van der Waals surface area (Å²) in [7, 11) is 0. The molecule has 5 heteroatoms. The third-order valence-electron chi connectivity index (χ3n) is 5.79. The molecule has 178 valence electrons. The maximum atomic E-state index is 13.8. The lowest BCUT2D eigenvalue weighted by molar-refractivity contribution is -0.141. The van der Waals surface area contributed by atoms with Crippen molar-refractivity contribution in [2.24, 2.45) is 0 Å². The van der Waals surface area contributed by atoms with Gasteiger partial charge in [-0.25, -0.2) is 0 Å². The van der Waals surface area contributed by atoms with E-state index in [1.54, 1.807) is 4.90 Å². The van der Waals surface area contributed by atoms with Gasteiger partial charge in [0.1, 0.15) is 6.04 Å². The van der Waals surface area contributed by atoms with Crippen LogP contribution in [0.3, 0.4) is 0 Å². The zero-order chi connectivity index (χ0) is 24.7. The smallest absolute Gasteiger partial charge is 0.243 e. The number of carbonyl (C=O) groups is 2. The van der Waals surface area contributed by atoms with Crippen molar-refractivity contribution in [1.29, 1.82) is 0 Å². The number of benzene rings is 3. The Kier molecular flexibility index (Phi) is 9.05. The fourth-order valence-electron chi connectivity index (χ4n) is 4.02. The van der Waals surface area contributed by atoms with E-state index in [1.807, 2.05) is 88.4 Å². The minimum absolute atomic E-state index is 0.0207. The molecular weight excluding hydrogens is 488 g/mol. The Morgan fingerprint density at radius 2 is 1.62 bits per heavy atom. The van der Waals surface area contributed by atoms with Crippen LogP contribution < -0.4 is 5.32 Å². The molecule has 0 aromatic heterocycles. The Morgan fingerprint density at radius 1 is 0.912 bits per heavy atom. The molecule has 0 fully saturated rings. The lowest BCUT2D eigenvalue weighted by atomic mass is 9.99. The number of nitrogens with zero attached hydrogens (tertiary/aromatic N) is 1. The number of hydrogen-bond acceptors (Lipinski definition) is 2. The topological polar surface area (TPSA) is 49.4 Å². The minimum Gasteiger partial charge on any atom is -0.352 e. The molecule has 0 aliphatic rings. The van der Waals surface area contributed by atoms with Gasteiger partial charge in [0.05, 0.1) is 6.42 Å². The molecule has 3 rings (SSSR count). The van der Waals surface area contributed by atoms with Crippen LogP contribution in [0, 0.1) is 13.8 Å². The summed E-state index contributed by atoms with van der Waals surface area (Å²) in [6.07, 6.45) is 0.702. The maximum Gasteiger partial charge on any atom is 0.243 e. The molecule has 0 spiro atoms. The van der Waals surface area contributed by atoms with Gasteiger partial charge in [-0.1, -0.05) is 82.2 Å². The van der Waals surface area contributed by atoms with Crippen LogP contribution in [0.2, 0.25) is 0 Å². The quantitative estimate of drug-likeness (QED) is 0.389. The summed E-state index contributed by atoms with van der Waals surface area (Å²) in [6.45, 7) is 8.28. The van der Waals surface area contributed by atoms with Crippen molar-refractivity contribution in [3.8, 4) is 0 Å². The Bertz CT molecular complexity index is 1130. The first-order valence-electron chi connectivity index (χ1n) is 11.7. The van der Waals surface area contributed by atoms with E-state index in [2.05, 4.69) is 33.4 Å². The molecule has 0 saturated heterocycles. The number of nitrogens with one attached hydrogen (secondary N) is 1. The molecule has 3 aromatic carbocycles. The van der Waals surface area contributed by atoms with Crippen molar-refractivity contribution >= 4 is 27.7 Å². The maximum absolute atomic E-state index is 13.8. The largest absolute Gasteiger partial charge is 0.352 e.